The molecule has 2 heteroatoms. The zero-order valence-corrected chi connectivity index (χ0v) is 18.3. The molecular weight excluding hydrogens is 374 g/mol. The first-order valence-electron chi connectivity index (χ1n) is 11.8. The third-order valence-electron chi connectivity index (χ3n) is 7.51. The summed E-state index contributed by atoms with van der Waals surface area (Å²) in [7, 11) is 0. The minimum Gasteiger partial charge on any atom is -0.203 e. The number of halogens is 2. The highest BCUT2D eigenvalue weighted by atomic mass is 19.2. The largest absolute Gasteiger partial charge is 0.203 e. The monoisotopic (exact) mass is 408 g/mol. The molecule has 160 valence electrons. The SMILES string of the molecule is CCCC1C=CC(C2CCC(c3ccc(-c4ccc(C)c(F)c4F)cc3)CC2)CC1. The van der Waals surface area contributed by atoms with Crippen LogP contribution in [0.2, 0.25) is 0 Å². The number of rotatable bonds is 5. The van der Waals surface area contributed by atoms with Gasteiger partial charge in [-0.25, -0.2) is 8.78 Å². The Morgan fingerprint density at radius 1 is 0.800 bits per heavy atom. The minimum absolute atomic E-state index is 0.346. The Morgan fingerprint density at radius 3 is 2.17 bits per heavy atom. The van der Waals surface area contributed by atoms with E-state index < -0.39 is 11.6 Å². The van der Waals surface area contributed by atoms with Crippen molar-refractivity contribution < 1.29 is 8.78 Å². The van der Waals surface area contributed by atoms with Gasteiger partial charge in [0.2, 0.25) is 0 Å². The zero-order valence-electron chi connectivity index (χ0n) is 18.3. The summed E-state index contributed by atoms with van der Waals surface area (Å²) >= 11 is 0. The lowest BCUT2D eigenvalue weighted by Gasteiger charge is -2.35. The molecule has 2 aliphatic carbocycles. The van der Waals surface area contributed by atoms with E-state index >= 15 is 0 Å². The average molecular weight is 409 g/mol. The maximum atomic E-state index is 14.3. The molecule has 2 aromatic carbocycles. The van der Waals surface area contributed by atoms with Crippen LogP contribution in [0.5, 0.6) is 0 Å². The van der Waals surface area contributed by atoms with E-state index in [9.17, 15) is 8.78 Å². The molecule has 30 heavy (non-hydrogen) atoms. The normalized spacial score (nSPS) is 26.7. The number of aryl methyl sites for hydroxylation is 1. The van der Waals surface area contributed by atoms with Crippen molar-refractivity contribution >= 4 is 0 Å². The van der Waals surface area contributed by atoms with Crippen LogP contribution in [0.25, 0.3) is 11.1 Å². The molecule has 0 aliphatic heterocycles. The van der Waals surface area contributed by atoms with Crippen LogP contribution in [0.1, 0.15) is 75.3 Å². The van der Waals surface area contributed by atoms with E-state index in [1.807, 2.05) is 12.1 Å². The van der Waals surface area contributed by atoms with Gasteiger partial charge >= 0.3 is 0 Å². The molecule has 0 heterocycles. The van der Waals surface area contributed by atoms with E-state index in [4.69, 9.17) is 0 Å². The van der Waals surface area contributed by atoms with Crippen LogP contribution in [0, 0.1) is 36.3 Å². The molecule has 2 aromatic rings. The van der Waals surface area contributed by atoms with Crippen LogP contribution < -0.4 is 0 Å². The summed E-state index contributed by atoms with van der Waals surface area (Å²) in [5.74, 6) is 1.53. The lowest BCUT2D eigenvalue weighted by molar-refractivity contribution is 0.239. The Labute approximate surface area is 180 Å². The fourth-order valence-corrected chi connectivity index (χ4v) is 5.59. The van der Waals surface area contributed by atoms with Gasteiger partial charge in [0.25, 0.3) is 0 Å². The second-order valence-electron chi connectivity index (χ2n) is 9.47. The van der Waals surface area contributed by atoms with Crippen molar-refractivity contribution in [3.05, 3.63) is 71.3 Å². The van der Waals surface area contributed by atoms with E-state index in [-0.39, 0.29) is 0 Å². The van der Waals surface area contributed by atoms with Crippen molar-refractivity contribution in [1.29, 1.82) is 0 Å². The highest BCUT2D eigenvalue weighted by Crippen LogP contribution is 2.42. The molecule has 0 N–H and O–H groups in total. The van der Waals surface area contributed by atoms with Gasteiger partial charge in [0.05, 0.1) is 0 Å². The van der Waals surface area contributed by atoms with Gasteiger partial charge in [0.1, 0.15) is 0 Å². The van der Waals surface area contributed by atoms with Crippen LogP contribution in [0.3, 0.4) is 0 Å². The second-order valence-corrected chi connectivity index (χ2v) is 9.47. The van der Waals surface area contributed by atoms with E-state index in [0.717, 1.165) is 23.3 Å². The first-order chi connectivity index (χ1) is 14.6. The standard InChI is InChI=1S/C28H34F2/c1-3-4-20-6-8-21(9-7-20)22-10-12-23(13-11-22)24-14-16-25(17-15-24)26-18-5-19(2)27(29)28(26)30/h5-6,8,14-18,20-23H,3-4,7,9-13H2,1-2H3. The van der Waals surface area contributed by atoms with Crippen molar-refractivity contribution in [2.45, 2.75) is 71.1 Å². The smallest absolute Gasteiger partial charge is 0.166 e. The molecule has 2 atom stereocenters. The summed E-state index contributed by atoms with van der Waals surface area (Å²) in [6.07, 6.45) is 15.5. The molecule has 0 saturated heterocycles. The fourth-order valence-electron chi connectivity index (χ4n) is 5.59. The second kappa shape index (κ2) is 9.45. The predicted octanol–water partition coefficient (Wildman–Crippen LogP) is 8.60. The number of benzene rings is 2. The lowest BCUT2D eigenvalue weighted by atomic mass is 9.70. The van der Waals surface area contributed by atoms with Crippen molar-refractivity contribution in [3.63, 3.8) is 0 Å². The average Bonchev–Trinajstić information content (AvgIpc) is 2.79. The molecule has 1 saturated carbocycles. The van der Waals surface area contributed by atoms with Crippen LogP contribution in [-0.4, -0.2) is 0 Å². The van der Waals surface area contributed by atoms with Gasteiger partial charge in [0.15, 0.2) is 11.6 Å². The minimum atomic E-state index is -0.745. The zero-order chi connectivity index (χ0) is 21.1. The molecule has 0 nitrogen and oxygen atoms in total. The van der Waals surface area contributed by atoms with Crippen molar-refractivity contribution in [2.75, 3.05) is 0 Å². The third-order valence-corrected chi connectivity index (χ3v) is 7.51. The van der Waals surface area contributed by atoms with E-state index in [2.05, 4.69) is 31.2 Å². The topological polar surface area (TPSA) is 0 Å². The molecular formula is C28H34F2. The summed E-state index contributed by atoms with van der Waals surface area (Å²) in [6.45, 7) is 3.87. The maximum Gasteiger partial charge on any atom is 0.166 e. The molecule has 0 amide bonds. The van der Waals surface area contributed by atoms with Gasteiger partial charge in [0, 0.05) is 5.56 Å². The lowest BCUT2D eigenvalue weighted by Crippen LogP contribution is -2.22. The summed E-state index contributed by atoms with van der Waals surface area (Å²) in [5.41, 5.74) is 2.78. The van der Waals surface area contributed by atoms with Crippen LogP contribution >= 0.6 is 0 Å². The molecule has 0 bridgehead atoms. The number of allylic oxidation sites excluding steroid dienone is 2. The Hall–Kier alpha value is -1.96. The molecule has 2 aliphatic rings. The molecule has 4 rings (SSSR count). The van der Waals surface area contributed by atoms with Gasteiger partial charge in [-0.05, 0) is 92.2 Å². The molecule has 0 aromatic heterocycles. The van der Waals surface area contributed by atoms with E-state index in [0.29, 0.717) is 17.0 Å². The van der Waals surface area contributed by atoms with Crippen LogP contribution in [-0.2, 0) is 0 Å². The first-order valence-corrected chi connectivity index (χ1v) is 11.8. The van der Waals surface area contributed by atoms with Gasteiger partial charge < -0.3 is 0 Å². The highest BCUT2D eigenvalue weighted by molar-refractivity contribution is 5.65. The third kappa shape index (κ3) is 4.53. The Kier molecular flexibility index (Phi) is 6.71. The van der Waals surface area contributed by atoms with Gasteiger partial charge in [-0.3, -0.25) is 0 Å². The van der Waals surface area contributed by atoms with Gasteiger partial charge in [-0.15, -0.1) is 0 Å². The summed E-state index contributed by atoms with van der Waals surface area (Å²) in [5, 5.41) is 0. The molecule has 2 unspecified atom stereocenters. The summed E-state index contributed by atoms with van der Waals surface area (Å²) < 4.78 is 28.2. The van der Waals surface area contributed by atoms with Crippen molar-refractivity contribution in [1.82, 2.24) is 0 Å². The number of hydrogen-bond acceptors (Lipinski definition) is 0. The molecule has 1 fully saturated rings. The molecule has 0 spiro atoms. The fraction of sp³-hybridized carbons (Fsp3) is 0.500. The number of hydrogen-bond donors (Lipinski definition) is 0. The highest BCUT2D eigenvalue weighted by Gasteiger charge is 2.29. The summed E-state index contributed by atoms with van der Waals surface area (Å²) in [6, 6.07) is 11.5. The van der Waals surface area contributed by atoms with E-state index in [1.165, 1.54) is 56.9 Å². The Morgan fingerprint density at radius 2 is 1.53 bits per heavy atom. The maximum absolute atomic E-state index is 14.3. The van der Waals surface area contributed by atoms with Crippen LogP contribution in [0.4, 0.5) is 8.78 Å². The van der Waals surface area contributed by atoms with Crippen molar-refractivity contribution in [2.24, 2.45) is 17.8 Å². The predicted molar refractivity (Wildman–Crippen MR) is 121 cm³/mol. The quantitative estimate of drug-likeness (QED) is 0.434. The molecule has 0 radical (unpaired) electrons. The Balaban J connectivity index is 1.37. The van der Waals surface area contributed by atoms with Crippen LogP contribution in [0.15, 0.2) is 48.6 Å². The first kappa shape index (κ1) is 21.3. The summed E-state index contributed by atoms with van der Waals surface area (Å²) in [4.78, 5) is 0. The van der Waals surface area contributed by atoms with Gasteiger partial charge in [-0.1, -0.05) is 61.9 Å². The van der Waals surface area contributed by atoms with E-state index in [1.54, 1.807) is 19.1 Å². The Bertz CT molecular complexity index is 872. The van der Waals surface area contributed by atoms with Gasteiger partial charge in [-0.2, -0.15) is 0 Å². The van der Waals surface area contributed by atoms with Crippen molar-refractivity contribution in [3.8, 4) is 11.1 Å².